The summed E-state index contributed by atoms with van der Waals surface area (Å²) in [5.41, 5.74) is 0. The van der Waals surface area contributed by atoms with Crippen LogP contribution in [0.4, 0.5) is 4.79 Å². The van der Waals surface area contributed by atoms with Crippen molar-refractivity contribution in [3.05, 3.63) is 0 Å². The Kier molecular flexibility index (Phi) is 5.71. The molecule has 0 aromatic rings. The molecule has 7 nitrogen and oxygen atoms in total. The molecule has 24 heavy (non-hydrogen) atoms. The van der Waals surface area contributed by atoms with E-state index >= 15 is 0 Å². The Bertz CT molecular complexity index is 488. The van der Waals surface area contributed by atoms with Gasteiger partial charge in [0.15, 0.2) is 0 Å². The lowest BCUT2D eigenvalue weighted by Gasteiger charge is -2.26. The van der Waals surface area contributed by atoms with E-state index in [0.29, 0.717) is 12.5 Å². The van der Waals surface area contributed by atoms with Crippen molar-refractivity contribution in [1.82, 2.24) is 20.4 Å². The second kappa shape index (κ2) is 7.96. The molecule has 0 radical (unpaired) electrons. The van der Waals surface area contributed by atoms with Crippen LogP contribution in [0.1, 0.15) is 44.9 Å². The number of carbonyl (C=O) groups excluding carboxylic acids is 3. The largest absolute Gasteiger partial charge is 0.354 e. The van der Waals surface area contributed by atoms with E-state index in [9.17, 15) is 14.4 Å². The Morgan fingerprint density at radius 2 is 1.88 bits per heavy atom. The molecule has 2 aliphatic heterocycles. The highest BCUT2D eigenvalue weighted by atomic mass is 16.2. The summed E-state index contributed by atoms with van der Waals surface area (Å²) in [7, 11) is 0. The van der Waals surface area contributed by atoms with Crippen molar-refractivity contribution in [2.45, 2.75) is 51.0 Å². The molecule has 0 bridgehead atoms. The van der Waals surface area contributed by atoms with Gasteiger partial charge in [-0.15, -0.1) is 0 Å². The van der Waals surface area contributed by atoms with Gasteiger partial charge in [0, 0.05) is 19.1 Å². The van der Waals surface area contributed by atoms with Gasteiger partial charge in [0.1, 0.15) is 13.1 Å². The first-order chi connectivity index (χ1) is 11.6. The molecule has 0 aromatic heterocycles. The SMILES string of the molecule is O=C(CN1CC(=O)NC1=O)NC[C@@H]1CCN(C2CCCCCC2)C1. The highest BCUT2D eigenvalue weighted by Gasteiger charge is 2.30. The fourth-order valence-electron chi connectivity index (χ4n) is 4.08. The zero-order chi connectivity index (χ0) is 16.9. The van der Waals surface area contributed by atoms with E-state index in [1.165, 1.54) is 43.4 Å². The highest BCUT2D eigenvalue weighted by Crippen LogP contribution is 2.26. The topological polar surface area (TPSA) is 81.8 Å². The summed E-state index contributed by atoms with van der Waals surface area (Å²) in [6, 6.07) is 0.253. The number of amides is 4. The summed E-state index contributed by atoms with van der Waals surface area (Å²) in [6.45, 7) is 2.79. The monoisotopic (exact) mass is 336 g/mol. The fraction of sp³-hybridized carbons (Fsp3) is 0.824. The summed E-state index contributed by atoms with van der Waals surface area (Å²) in [5.74, 6) is -0.0401. The van der Waals surface area contributed by atoms with Crippen molar-refractivity contribution in [3.63, 3.8) is 0 Å². The molecule has 3 aliphatic rings. The second-order valence-electron chi connectivity index (χ2n) is 7.31. The number of likely N-dealkylation sites (tertiary alicyclic amines) is 1. The summed E-state index contributed by atoms with van der Waals surface area (Å²) >= 11 is 0. The van der Waals surface area contributed by atoms with E-state index < -0.39 is 6.03 Å². The molecule has 1 atom stereocenters. The standard InChI is InChI=1S/C17H28N4O3/c22-15(11-21-12-16(23)19-17(21)24)18-9-13-7-8-20(10-13)14-5-3-1-2-4-6-14/h13-14H,1-12H2,(H,18,22)(H,19,23,24)/t13-/m0/s1. The summed E-state index contributed by atoms with van der Waals surface area (Å²) in [5, 5.41) is 5.10. The van der Waals surface area contributed by atoms with Crippen molar-refractivity contribution in [2.24, 2.45) is 5.92 Å². The molecule has 134 valence electrons. The van der Waals surface area contributed by atoms with Gasteiger partial charge in [0.05, 0.1) is 0 Å². The maximum atomic E-state index is 12.0. The number of imide groups is 1. The number of nitrogens with one attached hydrogen (secondary N) is 2. The lowest BCUT2D eigenvalue weighted by Crippen LogP contribution is -2.41. The molecular weight excluding hydrogens is 308 g/mol. The van der Waals surface area contributed by atoms with Gasteiger partial charge in [-0.25, -0.2) is 4.79 Å². The van der Waals surface area contributed by atoms with E-state index in [1.54, 1.807) is 0 Å². The Morgan fingerprint density at radius 1 is 1.12 bits per heavy atom. The minimum Gasteiger partial charge on any atom is -0.354 e. The van der Waals surface area contributed by atoms with Gasteiger partial charge in [-0.2, -0.15) is 0 Å². The second-order valence-corrected chi connectivity index (χ2v) is 7.31. The predicted octanol–water partition coefficient (Wildman–Crippen LogP) is 0.699. The molecule has 4 amide bonds. The van der Waals surface area contributed by atoms with E-state index in [1.807, 2.05) is 0 Å². The van der Waals surface area contributed by atoms with Crippen LogP contribution in [-0.2, 0) is 9.59 Å². The minimum atomic E-state index is -0.476. The molecule has 2 heterocycles. The number of carbonyl (C=O) groups is 3. The van der Waals surface area contributed by atoms with Gasteiger partial charge in [-0.1, -0.05) is 25.7 Å². The zero-order valence-corrected chi connectivity index (χ0v) is 14.3. The first kappa shape index (κ1) is 17.2. The average Bonchev–Trinajstić information content (AvgIpc) is 3.02. The maximum absolute atomic E-state index is 12.0. The number of hydrogen-bond donors (Lipinski definition) is 2. The lowest BCUT2D eigenvalue weighted by molar-refractivity contribution is -0.122. The molecule has 2 saturated heterocycles. The van der Waals surface area contributed by atoms with Gasteiger partial charge in [-0.05, 0) is 31.7 Å². The Morgan fingerprint density at radius 3 is 2.54 bits per heavy atom. The third kappa shape index (κ3) is 4.47. The smallest absolute Gasteiger partial charge is 0.325 e. The molecule has 3 fully saturated rings. The van der Waals surface area contributed by atoms with Crippen LogP contribution in [0.25, 0.3) is 0 Å². The normalized spacial score (nSPS) is 26.5. The van der Waals surface area contributed by atoms with E-state index in [4.69, 9.17) is 0 Å². The van der Waals surface area contributed by atoms with Gasteiger partial charge in [0.2, 0.25) is 11.8 Å². The first-order valence-corrected chi connectivity index (χ1v) is 9.21. The third-order valence-corrected chi connectivity index (χ3v) is 5.45. The molecule has 3 rings (SSSR count). The van der Waals surface area contributed by atoms with Gasteiger partial charge >= 0.3 is 6.03 Å². The predicted molar refractivity (Wildman–Crippen MR) is 89.3 cm³/mol. The minimum absolute atomic E-state index is 0.0227. The molecule has 0 aromatic carbocycles. The molecule has 7 heteroatoms. The highest BCUT2D eigenvalue weighted by molar-refractivity contribution is 6.03. The number of hydrogen-bond acceptors (Lipinski definition) is 4. The van der Waals surface area contributed by atoms with Crippen LogP contribution in [-0.4, -0.2) is 66.4 Å². The van der Waals surface area contributed by atoms with Gasteiger partial charge in [0.25, 0.3) is 0 Å². The van der Waals surface area contributed by atoms with Crippen molar-refractivity contribution in [1.29, 1.82) is 0 Å². The van der Waals surface area contributed by atoms with Gasteiger partial charge in [-0.3, -0.25) is 14.9 Å². The Hall–Kier alpha value is -1.63. The van der Waals surface area contributed by atoms with Crippen LogP contribution in [0.15, 0.2) is 0 Å². The van der Waals surface area contributed by atoms with Crippen LogP contribution < -0.4 is 10.6 Å². The molecule has 1 aliphatic carbocycles. The summed E-state index contributed by atoms with van der Waals surface area (Å²) in [4.78, 5) is 38.4. The van der Waals surface area contributed by atoms with E-state index in [-0.39, 0.29) is 24.9 Å². The molecular formula is C17H28N4O3. The first-order valence-electron chi connectivity index (χ1n) is 9.21. The fourth-order valence-corrected chi connectivity index (χ4v) is 4.08. The Balaban J connectivity index is 1.37. The van der Waals surface area contributed by atoms with E-state index in [2.05, 4.69) is 15.5 Å². The summed E-state index contributed by atoms with van der Waals surface area (Å²) < 4.78 is 0. The summed E-state index contributed by atoms with van der Waals surface area (Å²) in [6.07, 6.45) is 9.19. The van der Waals surface area contributed by atoms with Crippen molar-refractivity contribution in [3.8, 4) is 0 Å². The third-order valence-electron chi connectivity index (χ3n) is 5.45. The zero-order valence-electron chi connectivity index (χ0n) is 14.3. The lowest BCUT2D eigenvalue weighted by atomic mass is 10.1. The Labute approximate surface area is 143 Å². The molecule has 0 spiro atoms. The number of rotatable bonds is 5. The average molecular weight is 336 g/mol. The van der Waals surface area contributed by atoms with Crippen molar-refractivity contribution >= 4 is 17.8 Å². The van der Waals surface area contributed by atoms with Gasteiger partial charge < -0.3 is 15.1 Å². The molecule has 1 saturated carbocycles. The van der Waals surface area contributed by atoms with Crippen LogP contribution in [0, 0.1) is 5.92 Å². The quantitative estimate of drug-likeness (QED) is 0.572. The van der Waals surface area contributed by atoms with Crippen LogP contribution >= 0.6 is 0 Å². The van der Waals surface area contributed by atoms with Crippen LogP contribution in [0.2, 0.25) is 0 Å². The van der Waals surface area contributed by atoms with Crippen molar-refractivity contribution in [2.75, 3.05) is 32.7 Å². The number of nitrogens with zero attached hydrogens (tertiary/aromatic N) is 2. The van der Waals surface area contributed by atoms with Crippen molar-refractivity contribution < 1.29 is 14.4 Å². The molecule has 2 N–H and O–H groups in total. The maximum Gasteiger partial charge on any atom is 0.325 e. The number of urea groups is 1. The van der Waals surface area contributed by atoms with Crippen LogP contribution in [0.5, 0.6) is 0 Å². The van der Waals surface area contributed by atoms with Crippen LogP contribution in [0.3, 0.4) is 0 Å². The molecule has 0 unspecified atom stereocenters. The van der Waals surface area contributed by atoms with E-state index in [0.717, 1.165) is 25.6 Å².